The smallest absolute Gasteiger partial charge is 0.262 e. The number of fused-ring (bicyclic) bond motifs is 2. The van der Waals surface area contributed by atoms with Crippen molar-refractivity contribution in [1.82, 2.24) is 14.5 Å². The molecule has 5 rings (SSSR count). The molecule has 0 unspecified atom stereocenters. The molecule has 0 spiro atoms. The van der Waals surface area contributed by atoms with E-state index in [0.717, 1.165) is 55.7 Å². The largest absolute Gasteiger partial charge is 0.339 e. The monoisotopic (exact) mass is 425 g/mol. The molecular weight excluding hydrogens is 394 g/mol. The van der Waals surface area contributed by atoms with Gasteiger partial charge in [-0.15, -0.1) is 0 Å². The first kappa shape index (κ1) is 20.1. The average Bonchev–Trinajstić information content (AvgIpc) is 3.31. The molecule has 0 N–H and O–H groups in total. The highest BCUT2D eigenvalue weighted by molar-refractivity contribution is 7.99. The van der Waals surface area contributed by atoms with E-state index >= 15 is 0 Å². The average molecular weight is 426 g/mol. The number of likely N-dealkylation sites (tertiary alicyclic amines) is 1. The lowest BCUT2D eigenvalue weighted by Gasteiger charge is -2.44. The van der Waals surface area contributed by atoms with Crippen LogP contribution in [0.4, 0.5) is 0 Å². The molecule has 3 fully saturated rings. The van der Waals surface area contributed by atoms with E-state index in [1.807, 2.05) is 28.8 Å². The van der Waals surface area contributed by atoms with Crippen LogP contribution in [0, 0.1) is 5.92 Å². The molecule has 160 valence electrons. The molecule has 30 heavy (non-hydrogen) atoms. The summed E-state index contributed by atoms with van der Waals surface area (Å²) < 4.78 is 1.90. The highest BCUT2D eigenvalue weighted by Crippen LogP contribution is 2.36. The predicted molar refractivity (Wildman–Crippen MR) is 121 cm³/mol. The van der Waals surface area contributed by atoms with E-state index in [0.29, 0.717) is 23.1 Å². The molecule has 1 saturated heterocycles. The SMILES string of the molecule is O=C(CSc1nc2ccccc2c(=O)n1C1CCCC1)N1CCC[C@H]2CCCC[C@H]21. The fraction of sp³-hybridized carbons (Fsp3) is 0.625. The molecule has 1 aromatic heterocycles. The Labute approximate surface area is 182 Å². The number of rotatable bonds is 4. The molecule has 5 nitrogen and oxygen atoms in total. The Morgan fingerprint density at radius 3 is 2.60 bits per heavy atom. The Bertz CT molecular complexity index is 980. The van der Waals surface area contributed by atoms with Gasteiger partial charge in [0.2, 0.25) is 5.91 Å². The third kappa shape index (κ3) is 3.79. The molecule has 2 atom stereocenters. The number of nitrogens with zero attached hydrogens (tertiary/aromatic N) is 3. The molecule has 1 aromatic carbocycles. The molecule has 1 amide bonds. The van der Waals surface area contributed by atoms with Crippen molar-refractivity contribution in [2.75, 3.05) is 12.3 Å². The number of hydrogen-bond acceptors (Lipinski definition) is 4. The maximum absolute atomic E-state index is 13.3. The number of hydrogen-bond donors (Lipinski definition) is 0. The molecular formula is C24H31N3O2S. The Balaban J connectivity index is 1.40. The van der Waals surface area contributed by atoms with Crippen molar-refractivity contribution in [1.29, 1.82) is 0 Å². The van der Waals surface area contributed by atoms with Gasteiger partial charge in [0.15, 0.2) is 5.16 Å². The van der Waals surface area contributed by atoms with Crippen LogP contribution in [-0.4, -0.2) is 38.7 Å². The lowest BCUT2D eigenvalue weighted by atomic mass is 9.78. The van der Waals surface area contributed by atoms with E-state index in [2.05, 4.69) is 4.90 Å². The zero-order valence-corrected chi connectivity index (χ0v) is 18.4. The van der Waals surface area contributed by atoms with Crippen LogP contribution in [0.25, 0.3) is 10.9 Å². The maximum Gasteiger partial charge on any atom is 0.262 e. The van der Waals surface area contributed by atoms with Crippen molar-refractivity contribution >= 4 is 28.6 Å². The summed E-state index contributed by atoms with van der Waals surface area (Å²) in [4.78, 5) is 33.5. The van der Waals surface area contributed by atoms with Crippen LogP contribution in [-0.2, 0) is 4.79 Å². The Kier molecular flexibility index (Phi) is 5.85. The van der Waals surface area contributed by atoms with Crippen LogP contribution in [0.2, 0.25) is 0 Å². The van der Waals surface area contributed by atoms with Gasteiger partial charge in [-0.05, 0) is 56.6 Å². The third-order valence-electron chi connectivity index (χ3n) is 7.35. The Morgan fingerprint density at radius 1 is 1.00 bits per heavy atom. The van der Waals surface area contributed by atoms with Gasteiger partial charge in [-0.25, -0.2) is 4.98 Å². The summed E-state index contributed by atoms with van der Waals surface area (Å²) in [5.41, 5.74) is 0.782. The molecule has 2 heterocycles. The Hall–Kier alpha value is -1.82. The van der Waals surface area contributed by atoms with E-state index in [4.69, 9.17) is 4.98 Å². The van der Waals surface area contributed by atoms with Crippen molar-refractivity contribution in [2.45, 2.75) is 81.4 Å². The Morgan fingerprint density at radius 2 is 1.73 bits per heavy atom. The van der Waals surface area contributed by atoms with Gasteiger partial charge in [-0.2, -0.15) is 0 Å². The first-order chi connectivity index (χ1) is 14.7. The van der Waals surface area contributed by atoms with Gasteiger partial charge in [0.25, 0.3) is 5.56 Å². The van der Waals surface area contributed by atoms with Gasteiger partial charge in [0, 0.05) is 18.6 Å². The minimum Gasteiger partial charge on any atom is -0.339 e. The van der Waals surface area contributed by atoms with Crippen LogP contribution in [0.15, 0.2) is 34.2 Å². The molecule has 2 aliphatic carbocycles. The fourth-order valence-corrected chi connectivity index (χ4v) is 6.81. The first-order valence-corrected chi connectivity index (χ1v) is 12.6. The minimum absolute atomic E-state index is 0.0489. The summed E-state index contributed by atoms with van der Waals surface area (Å²) in [6.45, 7) is 0.890. The van der Waals surface area contributed by atoms with Crippen LogP contribution in [0.1, 0.15) is 70.3 Å². The van der Waals surface area contributed by atoms with Gasteiger partial charge in [0.05, 0.1) is 16.7 Å². The van der Waals surface area contributed by atoms with Gasteiger partial charge < -0.3 is 4.90 Å². The van der Waals surface area contributed by atoms with Crippen LogP contribution in [0.3, 0.4) is 0 Å². The van der Waals surface area contributed by atoms with Crippen molar-refractivity contribution < 1.29 is 4.79 Å². The van der Waals surface area contributed by atoms with Gasteiger partial charge in [-0.3, -0.25) is 14.2 Å². The number of benzene rings is 1. The summed E-state index contributed by atoms with van der Waals surface area (Å²) in [5, 5.41) is 1.40. The van der Waals surface area contributed by atoms with E-state index in [1.165, 1.54) is 37.4 Å². The van der Waals surface area contributed by atoms with Gasteiger partial charge in [-0.1, -0.05) is 49.6 Å². The summed E-state index contributed by atoms with van der Waals surface area (Å²) in [6.07, 6.45) is 11.7. The van der Waals surface area contributed by atoms with E-state index in [9.17, 15) is 9.59 Å². The number of carbonyl (C=O) groups excluding carboxylic acids is 1. The predicted octanol–water partition coefficient (Wildman–Crippen LogP) is 4.78. The quantitative estimate of drug-likeness (QED) is 0.522. The second kappa shape index (κ2) is 8.74. The summed E-state index contributed by atoms with van der Waals surface area (Å²) in [5.74, 6) is 1.29. The number of aromatic nitrogens is 2. The number of thioether (sulfide) groups is 1. The van der Waals surface area contributed by atoms with Crippen LogP contribution < -0.4 is 5.56 Å². The minimum atomic E-state index is 0.0489. The second-order valence-corrected chi connectivity index (χ2v) is 10.1. The molecule has 0 bridgehead atoms. The standard InChI is InChI=1S/C24H31N3O2S/c28-22(26-15-7-9-17-8-1-6-14-21(17)26)16-30-24-25-20-13-5-4-12-19(20)23(29)27(24)18-10-2-3-11-18/h4-5,12-13,17-18,21H,1-3,6-11,14-16H2/t17-,21-/m1/s1. The topological polar surface area (TPSA) is 55.2 Å². The van der Waals surface area contributed by atoms with Crippen LogP contribution >= 0.6 is 11.8 Å². The lowest BCUT2D eigenvalue weighted by Crippen LogP contribution is -2.50. The van der Waals surface area contributed by atoms with Crippen LogP contribution in [0.5, 0.6) is 0 Å². The van der Waals surface area contributed by atoms with Crippen molar-refractivity contribution in [3.63, 3.8) is 0 Å². The first-order valence-electron chi connectivity index (χ1n) is 11.7. The fourth-order valence-electron chi connectivity index (χ4n) is 5.86. The van der Waals surface area contributed by atoms with Gasteiger partial charge in [0.1, 0.15) is 0 Å². The molecule has 6 heteroatoms. The summed E-state index contributed by atoms with van der Waals surface area (Å²) in [6, 6.07) is 8.24. The van der Waals surface area contributed by atoms with E-state index < -0.39 is 0 Å². The molecule has 2 aromatic rings. The lowest BCUT2D eigenvalue weighted by molar-refractivity contribution is -0.134. The second-order valence-electron chi connectivity index (χ2n) is 9.15. The molecule has 2 saturated carbocycles. The zero-order chi connectivity index (χ0) is 20.5. The number of carbonyl (C=O) groups is 1. The molecule has 3 aliphatic rings. The van der Waals surface area contributed by atoms with E-state index in [-0.39, 0.29) is 17.5 Å². The van der Waals surface area contributed by atoms with E-state index in [1.54, 1.807) is 0 Å². The van der Waals surface area contributed by atoms with Crippen molar-refractivity contribution in [3.05, 3.63) is 34.6 Å². The van der Waals surface area contributed by atoms with Crippen molar-refractivity contribution in [2.24, 2.45) is 5.92 Å². The van der Waals surface area contributed by atoms with Crippen molar-refractivity contribution in [3.8, 4) is 0 Å². The highest BCUT2D eigenvalue weighted by Gasteiger charge is 2.35. The zero-order valence-electron chi connectivity index (χ0n) is 17.6. The molecule has 0 radical (unpaired) electrons. The number of amides is 1. The summed E-state index contributed by atoms with van der Waals surface area (Å²) >= 11 is 1.46. The maximum atomic E-state index is 13.3. The van der Waals surface area contributed by atoms with Gasteiger partial charge >= 0.3 is 0 Å². The third-order valence-corrected chi connectivity index (χ3v) is 8.29. The normalized spacial score (nSPS) is 24.9. The number of piperidine rings is 1. The summed E-state index contributed by atoms with van der Waals surface area (Å²) in [7, 11) is 0. The number of para-hydroxylation sites is 1. The molecule has 1 aliphatic heterocycles. The highest BCUT2D eigenvalue weighted by atomic mass is 32.2.